The van der Waals surface area contributed by atoms with E-state index in [1.54, 1.807) is 4.90 Å². The van der Waals surface area contributed by atoms with Crippen molar-refractivity contribution in [2.45, 2.75) is 31.7 Å². The third-order valence-electron chi connectivity index (χ3n) is 3.70. The van der Waals surface area contributed by atoms with Crippen molar-refractivity contribution in [1.29, 1.82) is 0 Å². The quantitative estimate of drug-likeness (QED) is 0.847. The molecule has 6 heteroatoms. The predicted octanol–water partition coefficient (Wildman–Crippen LogP) is 2.16. The first-order chi connectivity index (χ1) is 9.61. The molecule has 0 bridgehead atoms. The summed E-state index contributed by atoms with van der Waals surface area (Å²) in [4.78, 5) is 25.7. The van der Waals surface area contributed by atoms with E-state index in [1.807, 2.05) is 0 Å². The topological polar surface area (TPSA) is 63.4 Å². The highest BCUT2D eigenvalue weighted by molar-refractivity contribution is 5.97. The van der Waals surface area contributed by atoms with Crippen molar-refractivity contribution in [3.63, 3.8) is 0 Å². The summed E-state index contributed by atoms with van der Waals surface area (Å²) >= 11 is 0. The molecule has 1 unspecified atom stereocenters. The maximum atomic E-state index is 12.8. The number of rotatable bonds is 5. The highest BCUT2D eigenvalue weighted by Gasteiger charge is 2.27. The molecular weight excluding hydrogens is 295 g/mol. The van der Waals surface area contributed by atoms with E-state index in [2.05, 4.69) is 0 Å². The van der Waals surface area contributed by atoms with E-state index in [4.69, 9.17) is 5.73 Å². The number of hydrogen-bond donors (Lipinski definition) is 1. The van der Waals surface area contributed by atoms with E-state index in [9.17, 15) is 14.0 Å². The molecule has 1 atom stereocenters. The van der Waals surface area contributed by atoms with E-state index in [0.29, 0.717) is 12.1 Å². The van der Waals surface area contributed by atoms with Gasteiger partial charge in [-0.05, 0) is 37.1 Å². The van der Waals surface area contributed by atoms with Crippen LogP contribution in [0.3, 0.4) is 0 Å². The molecular formula is C15H20ClFN2O2. The number of carbonyl (C=O) groups is 2. The Hall–Kier alpha value is -1.46. The molecule has 0 saturated carbocycles. The van der Waals surface area contributed by atoms with Crippen LogP contribution in [0.15, 0.2) is 24.3 Å². The van der Waals surface area contributed by atoms with Gasteiger partial charge in [0.1, 0.15) is 5.82 Å². The van der Waals surface area contributed by atoms with Crippen LogP contribution in [0.25, 0.3) is 0 Å². The van der Waals surface area contributed by atoms with E-state index in [-0.39, 0.29) is 48.8 Å². The first-order valence-electron chi connectivity index (χ1n) is 6.90. The Labute approximate surface area is 129 Å². The fraction of sp³-hybridized carbons (Fsp3) is 0.467. The van der Waals surface area contributed by atoms with Crippen LogP contribution in [-0.4, -0.2) is 35.7 Å². The van der Waals surface area contributed by atoms with Gasteiger partial charge in [-0.15, -0.1) is 12.4 Å². The third-order valence-corrected chi connectivity index (χ3v) is 3.70. The van der Waals surface area contributed by atoms with Gasteiger partial charge in [0.15, 0.2) is 5.78 Å². The van der Waals surface area contributed by atoms with Crippen LogP contribution in [0.5, 0.6) is 0 Å². The normalized spacial score (nSPS) is 17.4. The number of halogens is 2. The number of carbonyl (C=O) groups excluding carboxylic acids is 2. The van der Waals surface area contributed by atoms with Crippen LogP contribution in [0.2, 0.25) is 0 Å². The zero-order valence-electron chi connectivity index (χ0n) is 11.8. The van der Waals surface area contributed by atoms with Crippen molar-refractivity contribution in [2.24, 2.45) is 5.73 Å². The number of ketones is 1. The summed E-state index contributed by atoms with van der Waals surface area (Å²) < 4.78 is 12.8. The first kappa shape index (κ1) is 17.6. The summed E-state index contributed by atoms with van der Waals surface area (Å²) in [6.07, 6.45) is 2.25. The van der Waals surface area contributed by atoms with Gasteiger partial charge < -0.3 is 10.6 Å². The zero-order chi connectivity index (χ0) is 14.5. The van der Waals surface area contributed by atoms with Gasteiger partial charge in [0, 0.05) is 37.5 Å². The lowest BCUT2D eigenvalue weighted by molar-refractivity contribution is -0.131. The summed E-state index contributed by atoms with van der Waals surface area (Å²) in [5, 5.41) is 0. The summed E-state index contributed by atoms with van der Waals surface area (Å²) in [6.45, 7) is 1.20. The largest absolute Gasteiger partial charge is 0.338 e. The molecule has 2 rings (SSSR count). The number of likely N-dealkylation sites (tertiary alicyclic amines) is 1. The Morgan fingerprint density at radius 2 is 1.90 bits per heavy atom. The maximum Gasteiger partial charge on any atom is 0.223 e. The molecule has 2 N–H and O–H groups in total. The van der Waals surface area contributed by atoms with Crippen LogP contribution >= 0.6 is 12.4 Å². The first-order valence-corrected chi connectivity index (χ1v) is 6.90. The second-order valence-electron chi connectivity index (χ2n) is 5.05. The summed E-state index contributed by atoms with van der Waals surface area (Å²) in [5.41, 5.74) is 6.07. The van der Waals surface area contributed by atoms with Crippen molar-refractivity contribution in [2.75, 3.05) is 13.1 Å². The molecule has 0 aromatic heterocycles. The molecule has 1 fully saturated rings. The number of nitrogens with zero attached hydrogens (tertiary/aromatic N) is 1. The molecule has 0 aliphatic carbocycles. The Balaban J connectivity index is 0.00000220. The molecule has 1 aliphatic rings. The minimum Gasteiger partial charge on any atom is -0.338 e. The van der Waals surface area contributed by atoms with Crippen molar-refractivity contribution < 1.29 is 14.0 Å². The molecule has 1 aromatic rings. The highest BCUT2D eigenvalue weighted by atomic mass is 35.5. The summed E-state index contributed by atoms with van der Waals surface area (Å²) in [5.74, 6) is -0.532. The molecule has 1 saturated heterocycles. The molecule has 116 valence electrons. The fourth-order valence-electron chi connectivity index (χ4n) is 2.55. The van der Waals surface area contributed by atoms with Gasteiger partial charge in [-0.2, -0.15) is 0 Å². The number of hydrogen-bond acceptors (Lipinski definition) is 3. The average Bonchev–Trinajstić information content (AvgIpc) is 2.93. The summed E-state index contributed by atoms with van der Waals surface area (Å²) in [6, 6.07) is 5.50. The molecule has 4 nitrogen and oxygen atoms in total. The SMILES string of the molecule is Cl.NCC1CCCN1C(=O)CCC(=O)c1ccc(F)cc1. The molecule has 1 heterocycles. The van der Waals surface area contributed by atoms with Crippen molar-refractivity contribution in [1.82, 2.24) is 4.90 Å². The van der Waals surface area contributed by atoms with E-state index >= 15 is 0 Å². The Kier molecular flexibility index (Phi) is 6.78. The van der Waals surface area contributed by atoms with Gasteiger partial charge in [-0.25, -0.2) is 4.39 Å². The van der Waals surface area contributed by atoms with Crippen LogP contribution in [0.1, 0.15) is 36.0 Å². The van der Waals surface area contributed by atoms with E-state index < -0.39 is 0 Å². The lowest BCUT2D eigenvalue weighted by Gasteiger charge is -2.23. The minimum absolute atomic E-state index is 0. The lowest BCUT2D eigenvalue weighted by atomic mass is 10.1. The van der Waals surface area contributed by atoms with Gasteiger partial charge in [-0.3, -0.25) is 9.59 Å². The van der Waals surface area contributed by atoms with Gasteiger partial charge in [-0.1, -0.05) is 0 Å². The Morgan fingerprint density at radius 3 is 2.52 bits per heavy atom. The lowest BCUT2D eigenvalue weighted by Crippen LogP contribution is -2.39. The van der Waals surface area contributed by atoms with E-state index in [1.165, 1.54) is 24.3 Å². The van der Waals surface area contributed by atoms with Crippen molar-refractivity contribution in [3.05, 3.63) is 35.6 Å². The van der Waals surface area contributed by atoms with Crippen molar-refractivity contribution in [3.8, 4) is 0 Å². The maximum absolute atomic E-state index is 12.8. The standard InChI is InChI=1S/C15H19FN2O2.ClH/c16-12-5-3-11(4-6-12)14(19)7-8-15(20)18-9-1-2-13(18)10-17;/h3-6,13H,1-2,7-10,17H2;1H. The second-order valence-corrected chi connectivity index (χ2v) is 5.05. The van der Waals surface area contributed by atoms with Crippen LogP contribution in [0.4, 0.5) is 4.39 Å². The monoisotopic (exact) mass is 314 g/mol. The average molecular weight is 315 g/mol. The van der Waals surface area contributed by atoms with Crippen molar-refractivity contribution >= 4 is 24.1 Å². The van der Waals surface area contributed by atoms with Crippen LogP contribution < -0.4 is 5.73 Å². The highest BCUT2D eigenvalue weighted by Crippen LogP contribution is 2.18. The van der Waals surface area contributed by atoms with Gasteiger partial charge >= 0.3 is 0 Å². The molecule has 1 aromatic carbocycles. The third kappa shape index (κ3) is 4.51. The number of benzene rings is 1. The summed E-state index contributed by atoms with van der Waals surface area (Å²) in [7, 11) is 0. The minimum atomic E-state index is -0.375. The second kappa shape index (κ2) is 8.10. The molecule has 21 heavy (non-hydrogen) atoms. The smallest absolute Gasteiger partial charge is 0.223 e. The molecule has 0 radical (unpaired) electrons. The van der Waals surface area contributed by atoms with Gasteiger partial charge in [0.2, 0.25) is 5.91 Å². The number of Topliss-reactive ketones (excluding diaryl/α,β-unsaturated/α-hetero) is 1. The zero-order valence-corrected chi connectivity index (χ0v) is 12.6. The number of nitrogens with two attached hydrogens (primary N) is 1. The van der Waals surface area contributed by atoms with Crippen LogP contribution in [0, 0.1) is 5.82 Å². The number of amides is 1. The Bertz CT molecular complexity index is 493. The van der Waals surface area contributed by atoms with Gasteiger partial charge in [0.25, 0.3) is 0 Å². The predicted molar refractivity (Wildman–Crippen MR) is 81.0 cm³/mol. The molecule has 0 spiro atoms. The fourth-order valence-corrected chi connectivity index (χ4v) is 2.55. The molecule has 1 amide bonds. The van der Waals surface area contributed by atoms with E-state index in [0.717, 1.165) is 19.4 Å². The van der Waals surface area contributed by atoms with Gasteiger partial charge in [0.05, 0.1) is 0 Å². The molecule has 1 aliphatic heterocycles. The Morgan fingerprint density at radius 1 is 1.24 bits per heavy atom. The van der Waals surface area contributed by atoms with Crippen LogP contribution in [-0.2, 0) is 4.79 Å².